The van der Waals surface area contributed by atoms with Crippen molar-refractivity contribution in [1.82, 2.24) is 5.32 Å². The lowest BCUT2D eigenvalue weighted by Gasteiger charge is -2.18. The molecule has 122 valence electrons. The number of ether oxygens (including phenoxy) is 2. The Morgan fingerprint density at radius 2 is 1.87 bits per heavy atom. The van der Waals surface area contributed by atoms with Crippen molar-refractivity contribution in [1.29, 1.82) is 0 Å². The summed E-state index contributed by atoms with van der Waals surface area (Å²) in [5.41, 5.74) is 0.764. The van der Waals surface area contributed by atoms with Gasteiger partial charge in [0, 0.05) is 4.47 Å². The maximum Gasteiger partial charge on any atom is 0.415 e. The number of nitrogens with one attached hydrogen (secondary N) is 1. The third kappa shape index (κ3) is 6.23. The van der Waals surface area contributed by atoms with Gasteiger partial charge in [0.1, 0.15) is 18.9 Å². The Hall–Kier alpha value is -2.15. The fraction of sp³-hybridized carbons (Fsp3) is 0.188. The lowest BCUT2D eigenvalue weighted by atomic mass is 10.2. The zero-order valence-corrected chi connectivity index (χ0v) is 13.6. The molecule has 2 rings (SSSR count). The molecule has 0 bridgehead atoms. The molecule has 0 radical (unpaired) electrons. The van der Waals surface area contributed by atoms with Gasteiger partial charge in [0.2, 0.25) is 0 Å². The van der Waals surface area contributed by atoms with E-state index in [2.05, 4.69) is 20.7 Å². The third-order valence-corrected chi connectivity index (χ3v) is 3.21. The first-order valence-electron chi connectivity index (χ1n) is 6.71. The molecule has 23 heavy (non-hydrogen) atoms. The number of hydrogen-bond donors (Lipinski definition) is 1. The molecule has 4 nitrogen and oxygen atoms in total. The Morgan fingerprint density at radius 1 is 1.13 bits per heavy atom. The molecule has 1 amide bonds. The molecular weight excluding hydrogens is 372 g/mol. The highest BCUT2D eigenvalue weighted by molar-refractivity contribution is 9.10. The Balaban J connectivity index is 1.78. The average molecular weight is 386 g/mol. The molecule has 0 unspecified atom stereocenters. The highest BCUT2D eigenvalue weighted by Gasteiger charge is 2.32. The number of alkyl halides is 2. The van der Waals surface area contributed by atoms with Crippen LogP contribution in [0.5, 0.6) is 5.75 Å². The molecule has 0 saturated carbocycles. The maximum atomic E-state index is 13.7. The first-order chi connectivity index (χ1) is 10.9. The fourth-order valence-electron chi connectivity index (χ4n) is 1.69. The van der Waals surface area contributed by atoms with E-state index in [0.717, 1.165) is 5.56 Å². The standard InChI is InChI=1S/C16H14BrF2NO3/c17-13-7-4-8-14(9-13)23-16(18,19)11-20-15(21)22-10-12-5-2-1-3-6-12/h1-9H,10-11H2,(H,20,21). The summed E-state index contributed by atoms with van der Waals surface area (Å²) in [6, 6.07) is 15.0. The van der Waals surface area contributed by atoms with Gasteiger partial charge in [-0.15, -0.1) is 0 Å². The number of halogens is 3. The van der Waals surface area contributed by atoms with Crippen molar-refractivity contribution in [2.45, 2.75) is 12.7 Å². The van der Waals surface area contributed by atoms with Crippen LogP contribution >= 0.6 is 15.9 Å². The number of alkyl carbamates (subject to hydrolysis) is 1. The van der Waals surface area contributed by atoms with E-state index in [0.29, 0.717) is 4.47 Å². The van der Waals surface area contributed by atoms with Crippen LogP contribution in [0.1, 0.15) is 5.56 Å². The van der Waals surface area contributed by atoms with E-state index in [-0.39, 0.29) is 12.4 Å². The summed E-state index contributed by atoms with van der Waals surface area (Å²) in [6.45, 7) is -0.988. The summed E-state index contributed by atoms with van der Waals surface area (Å²) in [5, 5.41) is 1.98. The second-order valence-corrected chi connectivity index (χ2v) is 5.53. The minimum absolute atomic E-state index is 0.00470. The Morgan fingerprint density at radius 3 is 2.57 bits per heavy atom. The van der Waals surface area contributed by atoms with Crippen LogP contribution in [-0.4, -0.2) is 18.7 Å². The highest BCUT2D eigenvalue weighted by Crippen LogP contribution is 2.24. The van der Waals surface area contributed by atoms with Crippen molar-refractivity contribution in [2.75, 3.05) is 6.54 Å². The number of hydrogen-bond acceptors (Lipinski definition) is 3. The van der Waals surface area contributed by atoms with Gasteiger partial charge in [-0.05, 0) is 23.8 Å². The Kier molecular flexibility index (Phi) is 5.92. The molecule has 0 aromatic heterocycles. The summed E-state index contributed by atoms with van der Waals surface area (Å²) < 4.78 is 37.3. The number of carbonyl (C=O) groups excluding carboxylic acids is 1. The normalized spacial score (nSPS) is 10.9. The monoisotopic (exact) mass is 385 g/mol. The molecule has 0 atom stereocenters. The summed E-state index contributed by atoms with van der Waals surface area (Å²) in [5.74, 6) is -0.0103. The predicted octanol–water partition coefficient (Wildman–Crippen LogP) is 4.35. The lowest BCUT2D eigenvalue weighted by Crippen LogP contribution is -2.40. The summed E-state index contributed by atoms with van der Waals surface area (Å²) >= 11 is 3.16. The van der Waals surface area contributed by atoms with Gasteiger partial charge in [-0.2, -0.15) is 8.78 Å². The molecule has 1 N–H and O–H groups in total. The Labute approximate surface area is 140 Å². The van der Waals surface area contributed by atoms with E-state index in [1.54, 1.807) is 36.4 Å². The van der Waals surface area contributed by atoms with Crippen molar-refractivity contribution >= 4 is 22.0 Å². The van der Waals surface area contributed by atoms with Crippen LogP contribution in [0.3, 0.4) is 0 Å². The van der Waals surface area contributed by atoms with Gasteiger partial charge >= 0.3 is 12.2 Å². The first kappa shape index (κ1) is 17.2. The van der Waals surface area contributed by atoms with Crippen LogP contribution in [0.25, 0.3) is 0 Å². The molecule has 0 saturated heterocycles. The zero-order valence-electron chi connectivity index (χ0n) is 12.0. The van der Waals surface area contributed by atoms with E-state index in [1.807, 2.05) is 11.4 Å². The quantitative estimate of drug-likeness (QED) is 0.803. The van der Waals surface area contributed by atoms with E-state index >= 15 is 0 Å². The van der Waals surface area contributed by atoms with Crippen LogP contribution in [0.4, 0.5) is 13.6 Å². The van der Waals surface area contributed by atoms with Gasteiger partial charge in [0.15, 0.2) is 0 Å². The van der Waals surface area contributed by atoms with Gasteiger partial charge in [-0.25, -0.2) is 4.79 Å². The topological polar surface area (TPSA) is 47.6 Å². The average Bonchev–Trinajstić information content (AvgIpc) is 2.52. The van der Waals surface area contributed by atoms with Crippen LogP contribution in [0, 0.1) is 0 Å². The van der Waals surface area contributed by atoms with E-state index in [4.69, 9.17) is 4.74 Å². The SMILES string of the molecule is O=C(NCC(F)(F)Oc1cccc(Br)c1)OCc1ccccc1. The third-order valence-electron chi connectivity index (χ3n) is 2.71. The molecule has 0 aliphatic heterocycles. The minimum Gasteiger partial charge on any atom is -0.445 e. The van der Waals surface area contributed by atoms with E-state index in [9.17, 15) is 13.6 Å². The Bertz CT molecular complexity index is 653. The maximum absolute atomic E-state index is 13.7. The fourth-order valence-corrected chi connectivity index (χ4v) is 2.07. The number of carbonyl (C=O) groups is 1. The van der Waals surface area contributed by atoms with Crippen LogP contribution in [-0.2, 0) is 11.3 Å². The number of amides is 1. The largest absolute Gasteiger partial charge is 0.445 e. The van der Waals surface area contributed by atoms with E-state index in [1.165, 1.54) is 12.1 Å². The van der Waals surface area contributed by atoms with Crippen LogP contribution in [0.2, 0.25) is 0 Å². The van der Waals surface area contributed by atoms with Gasteiger partial charge in [-0.1, -0.05) is 52.3 Å². The van der Waals surface area contributed by atoms with Gasteiger partial charge < -0.3 is 14.8 Å². The summed E-state index contributed by atoms with van der Waals surface area (Å²) in [4.78, 5) is 11.4. The number of rotatable bonds is 6. The summed E-state index contributed by atoms with van der Waals surface area (Å²) in [6.07, 6.45) is -4.49. The van der Waals surface area contributed by atoms with Crippen LogP contribution < -0.4 is 10.1 Å². The van der Waals surface area contributed by atoms with Crippen LogP contribution in [0.15, 0.2) is 59.1 Å². The minimum atomic E-state index is -3.55. The van der Waals surface area contributed by atoms with Crippen molar-refractivity contribution in [3.8, 4) is 5.75 Å². The van der Waals surface area contributed by atoms with Crippen molar-refractivity contribution in [3.63, 3.8) is 0 Å². The highest BCUT2D eigenvalue weighted by atomic mass is 79.9. The molecule has 2 aromatic rings. The van der Waals surface area contributed by atoms with Gasteiger partial charge in [0.25, 0.3) is 0 Å². The lowest BCUT2D eigenvalue weighted by molar-refractivity contribution is -0.170. The van der Waals surface area contributed by atoms with Crippen molar-refractivity contribution in [3.05, 3.63) is 64.6 Å². The van der Waals surface area contributed by atoms with Crippen molar-refractivity contribution in [2.24, 2.45) is 0 Å². The molecule has 7 heteroatoms. The second kappa shape index (κ2) is 7.92. The smallest absolute Gasteiger partial charge is 0.415 e. The molecular formula is C16H14BrF2NO3. The van der Waals surface area contributed by atoms with Crippen molar-refractivity contribution < 1.29 is 23.0 Å². The molecule has 0 heterocycles. The van der Waals surface area contributed by atoms with E-state index < -0.39 is 18.7 Å². The molecule has 0 fully saturated rings. The predicted molar refractivity (Wildman–Crippen MR) is 84.3 cm³/mol. The van der Waals surface area contributed by atoms with Gasteiger partial charge in [-0.3, -0.25) is 0 Å². The molecule has 0 aliphatic rings. The molecule has 0 spiro atoms. The molecule has 2 aromatic carbocycles. The zero-order chi connectivity index (χ0) is 16.7. The molecule has 0 aliphatic carbocycles. The first-order valence-corrected chi connectivity index (χ1v) is 7.51. The second-order valence-electron chi connectivity index (χ2n) is 4.61. The number of benzene rings is 2. The van der Waals surface area contributed by atoms with Gasteiger partial charge in [0.05, 0.1) is 0 Å². The summed E-state index contributed by atoms with van der Waals surface area (Å²) in [7, 11) is 0.